The summed E-state index contributed by atoms with van der Waals surface area (Å²) in [6.45, 7) is 0.425. The summed E-state index contributed by atoms with van der Waals surface area (Å²) >= 11 is 11.8. The van der Waals surface area contributed by atoms with Gasteiger partial charge in [0.05, 0.1) is 10.5 Å². The minimum atomic E-state index is -3.77. The first-order valence-corrected chi connectivity index (χ1v) is 9.28. The predicted octanol–water partition coefficient (Wildman–Crippen LogP) is 3.44. The fraction of sp³-hybridized carbons (Fsp3) is 0.188. The summed E-state index contributed by atoms with van der Waals surface area (Å²) in [5.74, 6) is -1.04. The molecule has 2 aromatic rings. The molecule has 8 heteroatoms. The highest BCUT2D eigenvalue weighted by molar-refractivity contribution is 7.89. The predicted molar refractivity (Wildman–Crippen MR) is 91.2 cm³/mol. The normalized spacial score (nSPS) is 15.1. The third kappa shape index (κ3) is 3.28. The highest BCUT2D eigenvalue weighted by atomic mass is 35.5. The number of rotatable bonds is 3. The van der Waals surface area contributed by atoms with E-state index in [1.54, 1.807) is 6.07 Å². The number of aromatic carboxylic acids is 1. The van der Waals surface area contributed by atoms with Crippen LogP contribution in [-0.2, 0) is 23.0 Å². The maximum Gasteiger partial charge on any atom is 0.335 e. The van der Waals surface area contributed by atoms with Crippen molar-refractivity contribution >= 4 is 39.2 Å². The molecule has 24 heavy (non-hydrogen) atoms. The van der Waals surface area contributed by atoms with E-state index in [9.17, 15) is 13.2 Å². The van der Waals surface area contributed by atoms with E-state index in [0.29, 0.717) is 18.5 Å². The number of carboxylic acids is 1. The molecule has 1 aliphatic heterocycles. The van der Waals surface area contributed by atoms with Crippen LogP contribution in [0.25, 0.3) is 0 Å². The molecule has 0 amide bonds. The van der Waals surface area contributed by atoms with Gasteiger partial charge in [0, 0.05) is 23.1 Å². The van der Waals surface area contributed by atoms with Crippen LogP contribution < -0.4 is 0 Å². The highest BCUT2D eigenvalue weighted by Crippen LogP contribution is 2.29. The van der Waals surface area contributed by atoms with E-state index in [1.165, 1.54) is 34.6 Å². The van der Waals surface area contributed by atoms with Crippen molar-refractivity contribution in [3.8, 4) is 0 Å². The molecule has 0 fully saturated rings. The van der Waals surface area contributed by atoms with E-state index >= 15 is 0 Å². The quantitative estimate of drug-likeness (QED) is 0.877. The number of sulfonamides is 1. The van der Waals surface area contributed by atoms with E-state index in [0.717, 1.165) is 5.56 Å². The fourth-order valence-corrected chi connectivity index (χ4v) is 4.84. The zero-order valence-corrected chi connectivity index (χ0v) is 14.7. The summed E-state index contributed by atoms with van der Waals surface area (Å²) in [7, 11) is -3.77. The number of hydrogen-bond donors (Lipinski definition) is 1. The molecular weight excluding hydrogens is 373 g/mol. The topological polar surface area (TPSA) is 74.7 Å². The van der Waals surface area contributed by atoms with Crippen LogP contribution in [0, 0.1) is 0 Å². The van der Waals surface area contributed by atoms with Crippen molar-refractivity contribution in [3.05, 3.63) is 63.1 Å². The van der Waals surface area contributed by atoms with Gasteiger partial charge in [-0.05, 0) is 47.9 Å². The number of fused-ring (bicyclic) bond motifs is 1. The third-order valence-electron chi connectivity index (χ3n) is 3.90. The molecule has 1 aliphatic rings. The van der Waals surface area contributed by atoms with Crippen molar-refractivity contribution in [2.75, 3.05) is 6.54 Å². The molecule has 1 N–H and O–H groups in total. The van der Waals surface area contributed by atoms with E-state index in [-0.39, 0.29) is 27.0 Å². The Kier molecular flexibility index (Phi) is 4.57. The summed E-state index contributed by atoms with van der Waals surface area (Å²) in [5.41, 5.74) is 1.78. The Bertz CT molecular complexity index is 907. The highest BCUT2D eigenvalue weighted by Gasteiger charge is 2.29. The van der Waals surface area contributed by atoms with Crippen LogP contribution in [0.2, 0.25) is 10.0 Å². The van der Waals surface area contributed by atoms with Crippen molar-refractivity contribution in [2.45, 2.75) is 17.9 Å². The lowest BCUT2D eigenvalue weighted by Crippen LogP contribution is -2.36. The minimum absolute atomic E-state index is 0.0258. The molecule has 0 saturated heterocycles. The molecule has 0 aromatic heterocycles. The average Bonchev–Trinajstić information content (AvgIpc) is 2.52. The van der Waals surface area contributed by atoms with Crippen molar-refractivity contribution in [1.82, 2.24) is 4.31 Å². The molecule has 126 valence electrons. The molecule has 2 aromatic carbocycles. The molecule has 0 unspecified atom stereocenters. The first-order chi connectivity index (χ1) is 11.3. The number of carboxylic acid groups (broad SMARTS) is 1. The largest absolute Gasteiger partial charge is 0.478 e. The van der Waals surface area contributed by atoms with Crippen molar-refractivity contribution in [3.63, 3.8) is 0 Å². The molecule has 3 rings (SSSR count). The van der Waals surface area contributed by atoms with Gasteiger partial charge in [0.2, 0.25) is 10.0 Å². The van der Waals surface area contributed by atoms with Gasteiger partial charge in [-0.1, -0.05) is 29.3 Å². The lowest BCUT2D eigenvalue weighted by Gasteiger charge is -2.28. The molecule has 0 atom stereocenters. The molecule has 1 heterocycles. The number of benzene rings is 2. The maximum absolute atomic E-state index is 12.8. The van der Waals surface area contributed by atoms with Gasteiger partial charge in [-0.25, -0.2) is 13.2 Å². The van der Waals surface area contributed by atoms with Crippen molar-refractivity contribution in [2.24, 2.45) is 0 Å². The molecular formula is C16H13Cl2NO4S. The summed E-state index contributed by atoms with van der Waals surface area (Å²) in [5, 5.41) is 9.57. The second-order valence-electron chi connectivity index (χ2n) is 5.48. The monoisotopic (exact) mass is 385 g/mol. The van der Waals surface area contributed by atoms with Gasteiger partial charge < -0.3 is 5.11 Å². The summed E-state index contributed by atoms with van der Waals surface area (Å²) in [6, 6.07) is 8.95. The van der Waals surface area contributed by atoms with Gasteiger partial charge in [0.25, 0.3) is 0 Å². The Balaban J connectivity index is 1.96. The molecule has 0 radical (unpaired) electrons. The van der Waals surface area contributed by atoms with Gasteiger partial charge in [-0.15, -0.1) is 0 Å². The van der Waals surface area contributed by atoms with Crippen LogP contribution in [0.4, 0.5) is 0 Å². The van der Waals surface area contributed by atoms with E-state index < -0.39 is 16.0 Å². The number of hydrogen-bond acceptors (Lipinski definition) is 3. The second-order valence-corrected chi connectivity index (χ2v) is 8.29. The van der Waals surface area contributed by atoms with Gasteiger partial charge in [0.15, 0.2) is 0 Å². The Morgan fingerprint density at radius 1 is 1.04 bits per heavy atom. The zero-order valence-electron chi connectivity index (χ0n) is 12.4. The molecule has 0 spiro atoms. The maximum atomic E-state index is 12.8. The SMILES string of the molecule is O=C(O)c1ccc2c(c1)CN(S(=O)(=O)c1cc(Cl)cc(Cl)c1)CC2. The fourth-order valence-electron chi connectivity index (χ4n) is 2.70. The van der Waals surface area contributed by atoms with Gasteiger partial charge >= 0.3 is 5.97 Å². The molecule has 5 nitrogen and oxygen atoms in total. The van der Waals surface area contributed by atoms with Crippen LogP contribution in [-0.4, -0.2) is 30.3 Å². The summed E-state index contributed by atoms with van der Waals surface area (Å²) in [4.78, 5) is 11.1. The number of nitrogens with zero attached hydrogens (tertiary/aromatic N) is 1. The molecule has 0 bridgehead atoms. The lowest BCUT2D eigenvalue weighted by molar-refractivity contribution is 0.0696. The van der Waals surface area contributed by atoms with E-state index in [1.807, 2.05) is 0 Å². The Morgan fingerprint density at radius 2 is 1.71 bits per heavy atom. The molecule has 0 aliphatic carbocycles. The lowest BCUT2D eigenvalue weighted by atomic mass is 9.99. The average molecular weight is 386 g/mol. The number of halogens is 2. The van der Waals surface area contributed by atoms with E-state index in [4.69, 9.17) is 28.3 Å². The number of carbonyl (C=O) groups is 1. The van der Waals surface area contributed by atoms with Gasteiger partial charge in [-0.2, -0.15) is 4.31 Å². The van der Waals surface area contributed by atoms with Crippen LogP contribution >= 0.6 is 23.2 Å². The second kappa shape index (κ2) is 6.37. The van der Waals surface area contributed by atoms with Gasteiger partial charge in [0.1, 0.15) is 0 Å². The van der Waals surface area contributed by atoms with Crippen LogP contribution in [0.1, 0.15) is 21.5 Å². The Morgan fingerprint density at radius 3 is 2.33 bits per heavy atom. The standard InChI is InChI=1S/C16H13Cl2NO4S/c17-13-6-14(18)8-15(7-13)24(22,23)19-4-3-10-1-2-11(16(20)21)5-12(10)9-19/h1-2,5-8H,3-4,9H2,(H,20,21). The Labute approximate surface area is 149 Å². The summed E-state index contributed by atoms with van der Waals surface area (Å²) in [6.07, 6.45) is 0.517. The van der Waals surface area contributed by atoms with Crippen LogP contribution in [0.15, 0.2) is 41.3 Å². The summed E-state index contributed by atoms with van der Waals surface area (Å²) < 4.78 is 26.9. The van der Waals surface area contributed by atoms with Crippen LogP contribution in [0.3, 0.4) is 0 Å². The van der Waals surface area contributed by atoms with Gasteiger partial charge in [-0.3, -0.25) is 0 Å². The third-order valence-corrected chi connectivity index (χ3v) is 6.16. The molecule has 0 saturated carbocycles. The zero-order chi connectivity index (χ0) is 17.5. The smallest absolute Gasteiger partial charge is 0.335 e. The first kappa shape index (κ1) is 17.2. The van der Waals surface area contributed by atoms with E-state index in [2.05, 4.69) is 0 Å². The van der Waals surface area contributed by atoms with Crippen LogP contribution in [0.5, 0.6) is 0 Å². The Hall–Kier alpha value is -1.60. The van der Waals surface area contributed by atoms with Crippen molar-refractivity contribution in [1.29, 1.82) is 0 Å². The van der Waals surface area contributed by atoms with Crippen molar-refractivity contribution < 1.29 is 18.3 Å². The first-order valence-electron chi connectivity index (χ1n) is 7.09. The minimum Gasteiger partial charge on any atom is -0.478 e.